The zero-order valence-electron chi connectivity index (χ0n) is 8.82. The van der Waals surface area contributed by atoms with E-state index in [0.29, 0.717) is 6.42 Å². The van der Waals surface area contributed by atoms with Crippen LogP contribution in [-0.4, -0.2) is 11.7 Å². The minimum atomic E-state index is -0.254. The Kier molecular flexibility index (Phi) is 3.37. The quantitative estimate of drug-likeness (QED) is 0.859. The number of halogens is 1. The summed E-state index contributed by atoms with van der Waals surface area (Å²) in [7, 11) is 0. The highest BCUT2D eigenvalue weighted by Crippen LogP contribution is 2.22. The van der Waals surface area contributed by atoms with Crippen molar-refractivity contribution in [3.8, 4) is 11.3 Å². The third-order valence-corrected chi connectivity index (χ3v) is 2.37. The Balaban J connectivity index is 2.15. The SMILES string of the molecule is OCCCc1ccc(-c2ccc(F)cc2)o1. The standard InChI is InChI=1S/C13H13FO2/c14-11-5-3-10(4-6-11)13-8-7-12(16-13)2-1-9-15/h3-8,15H,1-2,9H2. The van der Waals surface area contributed by atoms with E-state index in [0.717, 1.165) is 23.5 Å². The molecule has 0 spiro atoms. The largest absolute Gasteiger partial charge is 0.461 e. The third kappa shape index (κ3) is 2.49. The van der Waals surface area contributed by atoms with Crippen LogP contribution in [0.2, 0.25) is 0 Å². The molecule has 16 heavy (non-hydrogen) atoms. The Bertz CT molecular complexity index is 445. The summed E-state index contributed by atoms with van der Waals surface area (Å²) in [5.74, 6) is 1.32. The van der Waals surface area contributed by atoms with Crippen LogP contribution in [0.25, 0.3) is 11.3 Å². The van der Waals surface area contributed by atoms with Crippen molar-refractivity contribution in [2.24, 2.45) is 0 Å². The first-order valence-electron chi connectivity index (χ1n) is 5.25. The molecule has 0 amide bonds. The predicted octanol–water partition coefficient (Wildman–Crippen LogP) is 3.01. The maximum Gasteiger partial charge on any atom is 0.134 e. The summed E-state index contributed by atoms with van der Waals surface area (Å²) in [5.41, 5.74) is 0.858. The molecule has 0 saturated heterocycles. The van der Waals surface area contributed by atoms with Crippen molar-refractivity contribution in [3.63, 3.8) is 0 Å². The number of furan rings is 1. The molecule has 2 rings (SSSR count). The monoisotopic (exact) mass is 220 g/mol. The summed E-state index contributed by atoms with van der Waals surface area (Å²) < 4.78 is 18.3. The Morgan fingerprint density at radius 3 is 2.50 bits per heavy atom. The van der Waals surface area contributed by atoms with Crippen molar-refractivity contribution in [1.29, 1.82) is 0 Å². The first kappa shape index (κ1) is 10.9. The second-order valence-electron chi connectivity index (χ2n) is 3.60. The van der Waals surface area contributed by atoms with Crippen LogP contribution in [0.5, 0.6) is 0 Å². The summed E-state index contributed by atoms with van der Waals surface area (Å²) in [6, 6.07) is 9.93. The van der Waals surface area contributed by atoms with Crippen molar-refractivity contribution in [3.05, 3.63) is 48.0 Å². The number of rotatable bonds is 4. The highest BCUT2D eigenvalue weighted by molar-refractivity contribution is 5.57. The molecule has 0 bridgehead atoms. The molecule has 1 aromatic heterocycles. The Labute approximate surface area is 93.3 Å². The van der Waals surface area contributed by atoms with Gasteiger partial charge in [0.2, 0.25) is 0 Å². The van der Waals surface area contributed by atoms with E-state index in [1.54, 1.807) is 12.1 Å². The van der Waals surface area contributed by atoms with Crippen LogP contribution in [0.3, 0.4) is 0 Å². The summed E-state index contributed by atoms with van der Waals surface area (Å²) in [5, 5.41) is 8.70. The lowest BCUT2D eigenvalue weighted by atomic mass is 10.2. The van der Waals surface area contributed by atoms with Gasteiger partial charge in [0.15, 0.2) is 0 Å². The molecule has 0 saturated carbocycles. The van der Waals surface area contributed by atoms with Gasteiger partial charge >= 0.3 is 0 Å². The Morgan fingerprint density at radius 2 is 1.81 bits per heavy atom. The van der Waals surface area contributed by atoms with Crippen LogP contribution in [0.15, 0.2) is 40.8 Å². The zero-order chi connectivity index (χ0) is 11.4. The average Bonchev–Trinajstić information content (AvgIpc) is 2.76. The van der Waals surface area contributed by atoms with Crippen molar-refractivity contribution >= 4 is 0 Å². The molecule has 2 nitrogen and oxygen atoms in total. The van der Waals surface area contributed by atoms with E-state index in [2.05, 4.69) is 0 Å². The molecular formula is C13H13FO2. The molecule has 1 aromatic carbocycles. The van der Waals surface area contributed by atoms with Crippen molar-refractivity contribution < 1.29 is 13.9 Å². The van der Waals surface area contributed by atoms with E-state index in [1.165, 1.54) is 12.1 Å². The van der Waals surface area contributed by atoms with Crippen LogP contribution in [0, 0.1) is 5.82 Å². The van der Waals surface area contributed by atoms with E-state index in [4.69, 9.17) is 9.52 Å². The minimum Gasteiger partial charge on any atom is -0.461 e. The molecule has 0 aliphatic rings. The molecule has 84 valence electrons. The van der Waals surface area contributed by atoms with Crippen molar-refractivity contribution in [2.75, 3.05) is 6.61 Å². The normalized spacial score (nSPS) is 10.6. The van der Waals surface area contributed by atoms with Gasteiger partial charge in [-0.3, -0.25) is 0 Å². The van der Waals surface area contributed by atoms with Gasteiger partial charge in [0.05, 0.1) is 0 Å². The van der Waals surface area contributed by atoms with Gasteiger partial charge in [0, 0.05) is 18.6 Å². The first-order chi connectivity index (χ1) is 7.79. The smallest absolute Gasteiger partial charge is 0.134 e. The van der Waals surface area contributed by atoms with Crippen LogP contribution in [0.1, 0.15) is 12.2 Å². The van der Waals surface area contributed by atoms with Gasteiger partial charge in [0.25, 0.3) is 0 Å². The maximum absolute atomic E-state index is 12.7. The molecule has 0 atom stereocenters. The fraction of sp³-hybridized carbons (Fsp3) is 0.231. The molecule has 0 unspecified atom stereocenters. The molecule has 0 fully saturated rings. The van der Waals surface area contributed by atoms with Gasteiger partial charge in [-0.05, 0) is 42.8 Å². The highest BCUT2D eigenvalue weighted by atomic mass is 19.1. The lowest BCUT2D eigenvalue weighted by Crippen LogP contribution is -1.86. The fourth-order valence-electron chi connectivity index (χ4n) is 1.53. The molecule has 2 aromatic rings. The van der Waals surface area contributed by atoms with Gasteiger partial charge in [0.1, 0.15) is 17.3 Å². The molecule has 0 aliphatic carbocycles. The molecule has 1 N–H and O–H groups in total. The molecule has 0 radical (unpaired) electrons. The van der Waals surface area contributed by atoms with Crippen LogP contribution in [-0.2, 0) is 6.42 Å². The fourth-order valence-corrected chi connectivity index (χ4v) is 1.53. The number of benzene rings is 1. The first-order valence-corrected chi connectivity index (χ1v) is 5.25. The molecule has 3 heteroatoms. The topological polar surface area (TPSA) is 33.4 Å². The van der Waals surface area contributed by atoms with Gasteiger partial charge in [-0.2, -0.15) is 0 Å². The number of aliphatic hydroxyl groups is 1. The zero-order valence-corrected chi connectivity index (χ0v) is 8.82. The lowest BCUT2D eigenvalue weighted by molar-refractivity contribution is 0.284. The third-order valence-electron chi connectivity index (χ3n) is 2.37. The van der Waals surface area contributed by atoms with Gasteiger partial charge < -0.3 is 9.52 Å². The number of hydrogen-bond donors (Lipinski definition) is 1. The lowest BCUT2D eigenvalue weighted by Gasteiger charge is -1.97. The van der Waals surface area contributed by atoms with Crippen LogP contribution in [0.4, 0.5) is 4.39 Å². The van der Waals surface area contributed by atoms with E-state index >= 15 is 0 Å². The van der Waals surface area contributed by atoms with Gasteiger partial charge in [-0.15, -0.1) is 0 Å². The van der Waals surface area contributed by atoms with E-state index in [1.807, 2.05) is 12.1 Å². The number of aliphatic hydroxyl groups excluding tert-OH is 1. The van der Waals surface area contributed by atoms with E-state index < -0.39 is 0 Å². The summed E-state index contributed by atoms with van der Waals surface area (Å²) in [6.45, 7) is 0.159. The summed E-state index contributed by atoms with van der Waals surface area (Å²) in [6.07, 6.45) is 1.41. The Hall–Kier alpha value is -1.61. The molecule has 0 aliphatic heterocycles. The summed E-state index contributed by atoms with van der Waals surface area (Å²) in [4.78, 5) is 0. The van der Waals surface area contributed by atoms with Gasteiger partial charge in [-0.1, -0.05) is 0 Å². The van der Waals surface area contributed by atoms with E-state index in [9.17, 15) is 4.39 Å². The number of aryl methyl sites for hydroxylation is 1. The van der Waals surface area contributed by atoms with E-state index in [-0.39, 0.29) is 12.4 Å². The van der Waals surface area contributed by atoms with Crippen molar-refractivity contribution in [1.82, 2.24) is 0 Å². The maximum atomic E-state index is 12.7. The highest BCUT2D eigenvalue weighted by Gasteiger charge is 2.04. The number of hydrogen-bond acceptors (Lipinski definition) is 2. The summed E-state index contributed by atoms with van der Waals surface area (Å²) >= 11 is 0. The second kappa shape index (κ2) is 4.94. The second-order valence-corrected chi connectivity index (χ2v) is 3.60. The van der Waals surface area contributed by atoms with Crippen LogP contribution < -0.4 is 0 Å². The Morgan fingerprint density at radius 1 is 1.06 bits per heavy atom. The molecular weight excluding hydrogens is 207 g/mol. The van der Waals surface area contributed by atoms with Gasteiger partial charge in [-0.25, -0.2) is 4.39 Å². The molecule has 1 heterocycles. The average molecular weight is 220 g/mol. The predicted molar refractivity (Wildman–Crippen MR) is 59.5 cm³/mol. The minimum absolute atomic E-state index is 0.159. The van der Waals surface area contributed by atoms with Crippen molar-refractivity contribution in [2.45, 2.75) is 12.8 Å². The van der Waals surface area contributed by atoms with Crippen LogP contribution >= 0.6 is 0 Å².